The number of anilines is 2. The van der Waals surface area contributed by atoms with Crippen LogP contribution in [0.2, 0.25) is 0 Å². The predicted molar refractivity (Wildman–Crippen MR) is 86.4 cm³/mol. The molecule has 0 aromatic carbocycles. The second-order valence-corrected chi connectivity index (χ2v) is 6.97. The first-order valence-electron chi connectivity index (χ1n) is 8.49. The first-order valence-corrected chi connectivity index (χ1v) is 8.49. The lowest BCUT2D eigenvalue weighted by atomic mass is 9.87. The Bertz CT molecular complexity index is 622. The summed E-state index contributed by atoms with van der Waals surface area (Å²) in [5.41, 5.74) is 1.29. The maximum Gasteiger partial charge on any atom is 0.252 e. The molecule has 25 heavy (non-hydrogen) atoms. The van der Waals surface area contributed by atoms with Gasteiger partial charge in [0, 0.05) is 49.9 Å². The molecule has 0 atom stereocenters. The van der Waals surface area contributed by atoms with Crippen LogP contribution in [0, 0.1) is 0 Å². The number of aromatic nitrogens is 1. The van der Waals surface area contributed by atoms with Crippen molar-refractivity contribution in [1.82, 2.24) is 4.98 Å². The predicted octanol–water partition coefficient (Wildman–Crippen LogP) is 4.02. The van der Waals surface area contributed by atoms with Crippen molar-refractivity contribution in [1.29, 1.82) is 0 Å². The molecule has 0 saturated heterocycles. The Hall–Kier alpha value is -1.86. The Balaban J connectivity index is 1.67. The largest absolute Gasteiger partial charge is 0.379 e. The zero-order valence-corrected chi connectivity index (χ0v) is 13.7. The van der Waals surface area contributed by atoms with E-state index in [4.69, 9.17) is 0 Å². The normalized spacial score (nSPS) is 21.9. The van der Waals surface area contributed by atoms with Gasteiger partial charge in [-0.2, -0.15) is 0 Å². The molecule has 3 rings (SSSR count). The van der Waals surface area contributed by atoms with Crippen LogP contribution in [0.4, 0.5) is 29.1 Å². The van der Waals surface area contributed by atoms with Crippen molar-refractivity contribution in [3.05, 3.63) is 17.8 Å². The van der Waals surface area contributed by atoms with E-state index < -0.39 is 11.8 Å². The topological polar surface area (TPSA) is 54.0 Å². The molecule has 0 amide bonds. The van der Waals surface area contributed by atoms with Crippen LogP contribution in [0.25, 0.3) is 0 Å². The molecule has 2 saturated carbocycles. The molecule has 4 nitrogen and oxygen atoms in total. The first-order chi connectivity index (χ1) is 11.8. The van der Waals surface area contributed by atoms with E-state index in [0.29, 0.717) is 30.8 Å². The molecule has 2 aliphatic carbocycles. The highest BCUT2D eigenvalue weighted by Gasteiger charge is 2.47. The Morgan fingerprint density at radius 2 is 1.64 bits per heavy atom. The van der Waals surface area contributed by atoms with Crippen molar-refractivity contribution < 1.29 is 22.4 Å². The highest BCUT2D eigenvalue weighted by molar-refractivity contribution is 5.66. The van der Waals surface area contributed by atoms with Crippen LogP contribution in [0.3, 0.4) is 0 Å². The monoisotopic (exact) mass is 359 g/mol. The van der Waals surface area contributed by atoms with E-state index in [9.17, 15) is 22.4 Å². The van der Waals surface area contributed by atoms with Gasteiger partial charge in [-0.25, -0.2) is 22.5 Å². The van der Waals surface area contributed by atoms with Crippen LogP contribution in [-0.2, 0) is 11.2 Å². The van der Waals surface area contributed by atoms with Gasteiger partial charge in [0.1, 0.15) is 12.1 Å². The summed E-state index contributed by atoms with van der Waals surface area (Å²) in [7, 11) is 0. The van der Waals surface area contributed by atoms with Crippen LogP contribution < -0.4 is 10.6 Å². The molecule has 2 N–H and O–H groups in total. The summed E-state index contributed by atoms with van der Waals surface area (Å²) in [6.45, 7) is 0. The third kappa shape index (κ3) is 4.61. The molecule has 138 valence electrons. The number of aldehydes is 1. The summed E-state index contributed by atoms with van der Waals surface area (Å²) in [6.07, 6.45) is 1.51. The summed E-state index contributed by atoms with van der Waals surface area (Å²) in [5.74, 6) is -4.87. The Morgan fingerprint density at radius 1 is 1.04 bits per heavy atom. The van der Waals surface area contributed by atoms with Gasteiger partial charge in [0.15, 0.2) is 0 Å². The highest BCUT2D eigenvalue weighted by Crippen LogP contribution is 2.42. The van der Waals surface area contributed by atoms with Gasteiger partial charge in [-0.1, -0.05) is 0 Å². The van der Waals surface area contributed by atoms with E-state index in [0.717, 1.165) is 12.0 Å². The summed E-state index contributed by atoms with van der Waals surface area (Å²) >= 11 is 0. The maximum atomic E-state index is 13.0. The molecule has 0 aliphatic heterocycles. The molecule has 2 aliphatic rings. The zero-order valence-electron chi connectivity index (χ0n) is 13.7. The van der Waals surface area contributed by atoms with Gasteiger partial charge < -0.3 is 15.4 Å². The smallest absolute Gasteiger partial charge is 0.252 e. The molecular formula is C17H21F4N3O. The van der Waals surface area contributed by atoms with Crippen molar-refractivity contribution in [3.8, 4) is 0 Å². The Labute approximate surface area is 143 Å². The summed E-state index contributed by atoms with van der Waals surface area (Å²) in [5, 5.41) is 6.02. The van der Waals surface area contributed by atoms with Crippen LogP contribution >= 0.6 is 0 Å². The van der Waals surface area contributed by atoms with Crippen LogP contribution in [0.15, 0.2) is 12.1 Å². The van der Waals surface area contributed by atoms with E-state index in [-0.39, 0.29) is 37.8 Å². The molecule has 0 radical (unpaired) electrons. The Morgan fingerprint density at radius 3 is 2.20 bits per heavy atom. The number of halogens is 4. The number of pyridine rings is 1. The minimum Gasteiger partial charge on any atom is -0.379 e. The third-order valence-electron chi connectivity index (χ3n) is 4.59. The van der Waals surface area contributed by atoms with E-state index in [1.54, 1.807) is 12.1 Å². The number of unbranched alkanes of at least 4 members (excludes halogenated alkanes) is 1. The number of nitrogens with one attached hydrogen (secondary N) is 2. The van der Waals surface area contributed by atoms with Crippen LogP contribution in [0.5, 0.6) is 0 Å². The van der Waals surface area contributed by atoms with Gasteiger partial charge in [0.25, 0.3) is 11.8 Å². The second kappa shape index (κ2) is 6.80. The van der Waals surface area contributed by atoms with E-state index in [1.807, 2.05) is 0 Å². The number of nitrogens with zero attached hydrogens (tertiary/aromatic N) is 1. The van der Waals surface area contributed by atoms with Crippen LogP contribution in [-0.4, -0.2) is 35.2 Å². The number of alkyl halides is 4. The molecule has 0 spiro atoms. The van der Waals surface area contributed by atoms with Crippen molar-refractivity contribution in [2.45, 2.75) is 68.9 Å². The molecule has 0 bridgehead atoms. The molecule has 8 heteroatoms. The second-order valence-electron chi connectivity index (χ2n) is 6.97. The van der Waals surface area contributed by atoms with E-state index >= 15 is 0 Å². The standard InChI is InChI=1S/C17H21F4N3O/c18-16(19)7-12(8-16)22-14-5-4-11(3-1-2-6-25)23-15(14)24-13-9-17(20,21)10-13/h4-6,12-13,22H,1-3,7-10H2,(H,23,24). The molecular weight excluding hydrogens is 338 g/mol. The molecule has 0 unspecified atom stereocenters. The van der Waals surface area contributed by atoms with Crippen LogP contribution in [0.1, 0.15) is 44.2 Å². The fraction of sp³-hybridized carbons (Fsp3) is 0.647. The lowest BCUT2D eigenvalue weighted by Crippen LogP contribution is -2.46. The molecule has 1 aromatic heterocycles. The van der Waals surface area contributed by atoms with Crippen molar-refractivity contribution in [2.24, 2.45) is 0 Å². The fourth-order valence-corrected chi connectivity index (χ4v) is 3.17. The SMILES string of the molecule is O=CCCCc1ccc(NC2CC(F)(F)C2)c(NC2CC(F)(F)C2)n1. The van der Waals surface area contributed by atoms with Gasteiger partial charge in [-0.15, -0.1) is 0 Å². The summed E-state index contributed by atoms with van der Waals surface area (Å²) < 4.78 is 52.1. The average Bonchev–Trinajstić information content (AvgIpc) is 2.46. The number of hydrogen-bond acceptors (Lipinski definition) is 4. The number of aryl methyl sites for hydroxylation is 1. The summed E-state index contributed by atoms with van der Waals surface area (Å²) in [6, 6.07) is 2.78. The number of carbonyl (C=O) groups is 1. The lowest BCUT2D eigenvalue weighted by Gasteiger charge is -2.38. The quantitative estimate of drug-likeness (QED) is 0.418. The van der Waals surface area contributed by atoms with Crippen molar-refractivity contribution in [3.63, 3.8) is 0 Å². The van der Waals surface area contributed by atoms with Gasteiger partial charge >= 0.3 is 0 Å². The summed E-state index contributed by atoms with van der Waals surface area (Å²) in [4.78, 5) is 14.8. The average molecular weight is 359 g/mol. The number of rotatable bonds is 8. The fourth-order valence-electron chi connectivity index (χ4n) is 3.17. The lowest BCUT2D eigenvalue weighted by molar-refractivity contribution is -0.107. The minimum absolute atomic E-state index is 0.241. The number of hydrogen-bond donors (Lipinski definition) is 2. The molecule has 1 aromatic rings. The van der Waals surface area contributed by atoms with Crippen molar-refractivity contribution in [2.75, 3.05) is 10.6 Å². The van der Waals surface area contributed by atoms with E-state index in [1.165, 1.54) is 0 Å². The molecule has 2 fully saturated rings. The van der Waals surface area contributed by atoms with Gasteiger partial charge in [-0.05, 0) is 25.0 Å². The van der Waals surface area contributed by atoms with Gasteiger partial charge in [-0.3, -0.25) is 0 Å². The van der Waals surface area contributed by atoms with Gasteiger partial charge in [0.2, 0.25) is 0 Å². The van der Waals surface area contributed by atoms with Gasteiger partial charge in [0.05, 0.1) is 5.69 Å². The minimum atomic E-state index is -2.65. The van der Waals surface area contributed by atoms with E-state index in [2.05, 4.69) is 15.6 Å². The number of carbonyl (C=O) groups excluding carboxylic acids is 1. The van der Waals surface area contributed by atoms with Crippen molar-refractivity contribution >= 4 is 17.8 Å². The third-order valence-corrected chi connectivity index (χ3v) is 4.59. The first kappa shape index (κ1) is 17.9. The zero-order chi connectivity index (χ0) is 18.1. The Kier molecular flexibility index (Phi) is 4.88. The highest BCUT2D eigenvalue weighted by atomic mass is 19.3. The maximum absolute atomic E-state index is 13.0. The molecule has 1 heterocycles.